The highest BCUT2D eigenvalue weighted by Crippen LogP contribution is 2.37. The molecule has 2 heterocycles. The molecule has 0 bridgehead atoms. The van der Waals surface area contributed by atoms with E-state index in [0.29, 0.717) is 12.8 Å². The molecule has 0 saturated carbocycles. The van der Waals surface area contributed by atoms with Crippen LogP contribution in [0.15, 0.2) is 0 Å². The number of likely N-dealkylation sites (tertiary alicyclic amines) is 1. The Morgan fingerprint density at radius 3 is 2.25 bits per heavy atom. The van der Waals surface area contributed by atoms with Crippen LogP contribution in [0, 0.1) is 5.41 Å². The molecule has 2 saturated heterocycles. The molecule has 0 aromatic carbocycles. The van der Waals surface area contributed by atoms with Crippen LogP contribution >= 0.6 is 0 Å². The van der Waals surface area contributed by atoms with Crippen LogP contribution in [0.2, 0.25) is 0 Å². The van der Waals surface area contributed by atoms with Gasteiger partial charge in [-0.05, 0) is 31.2 Å². The van der Waals surface area contributed by atoms with Gasteiger partial charge in [0.15, 0.2) is 0 Å². The first kappa shape index (κ1) is 11.7. The molecule has 6 heteroatoms. The van der Waals surface area contributed by atoms with Gasteiger partial charge in [0.05, 0.1) is 0 Å². The second-order valence-corrected chi connectivity index (χ2v) is 4.72. The maximum atomic E-state index is 12.2. The number of halogens is 3. The summed E-state index contributed by atoms with van der Waals surface area (Å²) in [4.78, 5) is 11.9. The van der Waals surface area contributed by atoms with Crippen molar-refractivity contribution in [3.8, 4) is 0 Å². The minimum Gasteiger partial charge on any atom is -0.335 e. The van der Waals surface area contributed by atoms with Crippen molar-refractivity contribution in [2.24, 2.45) is 5.41 Å². The van der Waals surface area contributed by atoms with Gasteiger partial charge in [0, 0.05) is 19.6 Å². The van der Waals surface area contributed by atoms with Crippen molar-refractivity contribution < 1.29 is 18.0 Å². The molecule has 2 aliphatic heterocycles. The molecule has 2 aliphatic rings. The second-order valence-electron chi connectivity index (χ2n) is 4.72. The van der Waals surface area contributed by atoms with E-state index in [0.717, 1.165) is 24.4 Å². The van der Waals surface area contributed by atoms with E-state index in [1.54, 1.807) is 0 Å². The molecule has 0 radical (unpaired) electrons. The zero-order chi connectivity index (χ0) is 11.8. The fourth-order valence-corrected chi connectivity index (χ4v) is 2.59. The molecule has 3 nitrogen and oxygen atoms in total. The number of rotatable bonds is 0. The van der Waals surface area contributed by atoms with E-state index in [1.807, 2.05) is 0 Å². The normalized spacial score (nSPS) is 25.1. The number of piperidine rings is 1. The van der Waals surface area contributed by atoms with E-state index in [-0.39, 0.29) is 18.5 Å². The SMILES string of the molecule is O=C(N1CCC2(CCNC2)CC1)C(F)(F)F. The third-order valence-electron chi connectivity index (χ3n) is 3.69. The second kappa shape index (κ2) is 3.91. The summed E-state index contributed by atoms with van der Waals surface area (Å²) in [5.41, 5.74) is 0.141. The van der Waals surface area contributed by atoms with Crippen molar-refractivity contribution in [1.29, 1.82) is 0 Å². The van der Waals surface area contributed by atoms with E-state index >= 15 is 0 Å². The highest BCUT2D eigenvalue weighted by Gasteiger charge is 2.46. The molecule has 1 spiro atoms. The van der Waals surface area contributed by atoms with E-state index in [2.05, 4.69) is 5.32 Å². The van der Waals surface area contributed by atoms with Crippen LogP contribution in [0.25, 0.3) is 0 Å². The molecule has 0 atom stereocenters. The van der Waals surface area contributed by atoms with Gasteiger partial charge < -0.3 is 10.2 Å². The van der Waals surface area contributed by atoms with Crippen LogP contribution < -0.4 is 5.32 Å². The lowest BCUT2D eigenvalue weighted by molar-refractivity contribution is -0.187. The van der Waals surface area contributed by atoms with Gasteiger partial charge in [-0.1, -0.05) is 0 Å². The minimum absolute atomic E-state index is 0.141. The molecule has 0 aliphatic carbocycles. The number of amides is 1. The topological polar surface area (TPSA) is 32.3 Å². The van der Waals surface area contributed by atoms with Crippen LogP contribution in [0.3, 0.4) is 0 Å². The lowest BCUT2D eigenvalue weighted by Gasteiger charge is -2.38. The standard InChI is InChI=1S/C10H15F3N2O/c11-10(12,13)8(16)15-5-2-9(3-6-15)1-4-14-7-9/h14H,1-7H2. The predicted octanol–water partition coefficient (Wildman–Crippen LogP) is 1.15. The quantitative estimate of drug-likeness (QED) is 0.684. The lowest BCUT2D eigenvalue weighted by Crippen LogP contribution is -2.48. The van der Waals surface area contributed by atoms with E-state index in [4.69, 9.17) is 0 Å². The molecule has 2 rings (SSSR count). The smallest absolute Gasteiger partial charge is 0.335 e. The summed E-state index contributed by atoms with van der Waals surface area (Å²) < 4.78 is 36.6. The largest absolute Gasteiger partial charge is 0.471 e. The maximum absolute atomic E-state index is 12.2. The van der Waals surface area contributed by atoms with Crippen molar-refractivity contribution in [3.05, 3.63) is 0 Å². The van der Waals surface area contributed by atoms with E-state index < -0.39 is 12.1 Å². The van der Waals surface area contributed by atoms with Crippen LogP contribution in [-0.2, 0) is 4.79 Å². The molecule has 16 heavy (non-hydrogen) atoms. The summed E-state index contributed by atoms with van der Waals surface area (Å²) in [6.07, 6.45) is -2.34. The van der Waals surface area contributed by atoms with Crippen molar-refractivity contribution in [2.75, 3.05) is 26.2 Å². The van der Waals surface area contributed by atoms with Gasteiger partial charge in [0.2, 0.25) is 0 Å². The number of hydrogen-bond acceptors (Lipinski definition) is 2. The molecule has 2 fully saturated rings. The van der Waals surface area contributed by atoms with Crippen molar-refractivity contribution in [3.63, 3.8) is 0 Å². The van der Waals surface area contributed by atoms with Gasteiger partial charge in [-0.3, -0.25) is 4.79 Å². The third-order valence-corrected chi connectivity index (χ3v) is 3.69. The summed E-state index contributed by atoms with van der Waals surface area (Å²) in [7, 11) is 0. The zero-order valence-corrected chi connectivity index (χ0v) is 8.94. The van der Waals surface area contributed by atoms with E-state index in [9.17, 15) is 18.0 Å². The average molecular weight is 236 g/mol. The van der Waals surface area contributed by atoms with Crippen LogP contribution in [0.5, 0.6) is 0 Å². The molecule has 0 unspecified atom stereocenters. The number of carbonyl (C=O) groups is 1. The highest BCUT2D eigenvalue weighted by molar-refractivity contribution is 5.81. The van der Waals surface area contributed by atoms with E-state index in [1.165, 1.54) is 0 Å². The maximum Gasteiger partial charge on any atom is 0.471 e. The summed E-state index contributed by atoms with van der Waals surface area (Å²) in [6.45, 7) is 2.29. The van der Waals surface area contributed by atoms with Crippen molar-refractivity contribution in [2.45, 2.75) is 25.4 Å². The molecule has 1 N–H and O–H groups in total. The first-order valence-corrected chi connectivity index (χ1v) is 5.50. The van der Waals surface area contributed by atoms with Crippen LogP contribution in [0.4, 0.5) is 13.2 Å². The Morgan fingerprint density at radius 2 is 1.81 bits per heavy atom. The number of hydrogen-bond donors (Lipinski definition) is 1. The Balaban J connectivity index is 1.92. The molecule has 92 valence electrons. The fraction of sp³-hybridized carbons (Fsp3) is 0.900. The highest BCUT2D eigenvalue weighted by atomic mass is 19.4. The van der Waals surface area contributed by atoms with Gasteiger partial charge in [0.25, 0.3) is 0 Å². The molecule has 0 aromatic heterocycles. The van der Waals surface area contributed by atoms with Crippen LogP contribution in [0.1, 0.15) is 19.3 Å². The Labute approximate surface area is 92.0 Å². The van der Waals surface area contributed by atoms with Gasteiger partial charge in [-0.25, -0.2) is 0 Å². The number of carbonyl (C=O) groups excluding carboxylic acids is 1. The minimum atomic E-state index is -4.72. The predicted molar refractivity (Wildman–Crippen MR) is 51.8 cm³/mol. The fourth-order valence-electron chi connectivity index (χ4n) is 2.59. The first-order valence-electron chi connectivity index (χ1n) is 5.50. The zero-order valence-electron chi connectivity index (χ0n) is 8.94. The van der Waals surface area contributed by atoms with Crippen molar-refractivity contribution >= 4 is 5.91 Å². The molecular weight excluding hydrogens is 221 g/mol. The average Bonchev–Trinajstić information content (AvgIpc) is 2.66. The Hall–Kier alpha value is -0.780. The van der Waals surface area contributed by atoms with Gasteiger partial charge in [-0.2, -0.15) is 13.2 Å². The van der Waals surface area contributed by atoms with Crippen LogP contribution in [-0.4, -0.2) is 43.2 Å². The number of nitrogens with one attached hydrogen (secondary N) is 1. The molecule has 1 amide bonds. The third kappa shape index (κ3) is 2.16. The Kier molecular flexibility index (Phi) is 2.86. The summed E-state index contributed by atoms with van der Waals surface area (Å²) >= 11 is 0. The van der Waals surface area contributed by atoms with Gasteiger partial charge in [-0.15, -0.1) is 0 Å². The Bertz CT molecular complexity index is 274. The Morgan fingerprint density at radius 1 is 1.19 bits per heavy atom. The first-order chi connectivity index (χ1) is 7.43. The van der Waals surface area contributed by atoms with Gasteiger partial charge in [0.1, 0.15) is 0 Å². The summed E-state index contributed by atoms with van der Waals surface area (Å²) in [6, 6.07) is 0. The lowest BCUT2D eigenvalue weighted by atomic mass is 9.78. The molecule has 0 aromatic rings. The monoisotopic (exact) mass is 236 g/mol. The molecular formula is C10H15F3N2O. The van der Waals surface area contributed by atoms with Crippen molar-refractivity contribution in [1.82, 2.24) is 10.2 Å². The van der Waals surface area contributed by atoms with Gasteiger partial charge >= 0.3 is 12.1 Å². The number of nitrogens with zero attached hydrogens (tertiary/aromatic N) is 1. The summed E-state index contributed by atoms with van der Waals surface area (Å²) in [5.74, 6) is -1.69. The summed E-state index contributed by atoms with van der Waals surface area (Å²) in [5, 5.41) is 3.23. The number of alkyl halides is 3.